The highest BCUT2D eigenvalue weighted by Crippen LogP contribution is 2.29. The zero-order valence-corrected chi connectivity index (χ0v) is 15.3. The van der Waals surface area contributed by atoms with Crippen LogP contribution in [0.3, 0.4) is 0 Å². The fourth-order valence-corrected chi connectivity index (χ4v) is 5.51. The first kappa shape index (κ1) is 17.3. The topological polar surface area (TPSA) is 37.4 Å². The Morgan fingerprint density at radius 3 is 2.71 bits per heavy atom. The van der Waals surface area contributed by atoms with Crippen molar-refractivity contribution in [1.82, 2.24) is 4.31 Å². The molecule has 0 spiro atoms. The summed E-state index contributed by atoms with van der Waals surface area (Å²) in [5, 5.41) is 0. The van der Waals surface area contributed by atoms with E-state index in [-0.39, 0.29) is 0 Å². The van der Waals surface area contributed by atoms with Gasteiger partial charge >= 0.3 is 0 Å². The lowest BCUT2D eigenvalue weighted by molar-refractivity contribution is 0.407. The van der Waals surface area contributed by atoms with Crippen LogP contribution in [0.15, 0.2) is 27.6 Å². The number of sulfonamides is 1. The fourth-order valence-electron chi connectivity index (χ4n) is 2.76. The molecule has 1 aliphatic heterocycles. The third-order valence-corrected chi connectivity index (χ3v) is 7.34. The highest BCUT2D eigenvalue weighted by Gasteiger charge is 2.28. The maximum Gasteiger partial charge on any atom is 0.244 e. The summed E-state index contributed by atoms with van der Waals surface area (Å²) in [6, 6.07) is 5.21. The lowest BCUT2D eigenvalue weighted by Crippen LogP contribution is -2.32. The van der Waals surface area contributed by atoms with Crippen molar-refractivity contribution in [2.45, 2.75) is 43.4 Å². The second-order valence-corrected chi connectivity index (χ2v) is 8.54. The van der Waals surface area contributed by atoms with Gasteiger partial charge in [0, 0.05) is 23.4 Å². The van der Waals surface area contributed by atoms with Crippen molar-refractivity contribution in [3.8, 4) is 0 Å². The molecular weight excluding hydrogens is 374 g/mol. The van der Waals surface area contributed by atoms with E-state index in [1.54, 1.807) is 22.5 Å². The second kappa shape index (κ2) is 7.44. The third kappa shape index (κ3) is 4.01. The van der Waals surface area contributed by atoms with Crippen LogP contribution >= 0.6 is 27.5 Å². The SMILES string of the molecule is CCC1CCCN(S(=O)(=O)c2ccc(CCl)cc2Br)CC1. The predicted octanol–water partition coefficient (Wildman–Crippen LogP) is 4.39. The summed E-state index contributed by atoms with van der Waals surface area (Å²) in [6.07, 6.45) is 4.14. The molecule has 0 aromatic heterocycles. The van der Waals surface area contributed by atoms with Gasteiger partial charge in [0.25, 0.3) is 0 Å². The van der Waals surface area contributed by atoms with Gasteiger partial charge in [-0.05, 0) is 58.8 Å². The summed E-state index contributed by atoms with van der Waals surface area (Å²) in [7, 11) is -3.43. The Hall–Kier alpha value is -0.100. The Bertz CT molecular complexity index is 591. The van der Waals surface area contributed by atoms with Crippen molar-refractivity contribution in [1.29, 1.82) is 0 Å². The average Bonchev–Trinajstić information content (AvgIpc) is 2.72. The Balaban J connectivity index is 2.25. The van der Waals surface area contributed by atoms with Gasteiger partial charge in [-0.25, -0.2) is 8.42 Å². The van der Waals surface area contributed by atoms with Crippen molar-refractivity contribution >= 4 is 37.6 Å². The van der Waals surface area contributed by atoms with E-state index in [0.717, 1.165) is 31.2 Å². The van der Waals surface area contributed by atoms with Crippen molar-refractivity contribution in [3.05, 3.63) is 28.2 Å². The minimum Gasteiger partial charge on any atom is -0.207 e. The maximum atomic E-state index is 12.8. The van der Waals surface area contributed by atoms with Crippen LogP contribution < -0.4 is 0 Å². The van der Waals surface area contributed by atoms with Crippen LogP contribution in [-0.2, 0) is 15.9 Å². The molecule has 0 N–H and O–H groups in total. The fraction of sp³-hybridized carbons (Fsp3) is 0.600. The van der Waals surface area contributed by atoms with Gasteiger partial charge in [-0.15, -0.1) is 11.6 Å². The summed E-state index contributed by atoms with van der Waals surface area (Å²) in [5.41, 5.74) is 0.907. The van der Waals surface area contributed by atoms with E-state index in [0.29, 0.717) is 34.3 Å². The van der Waals surface area contributed by atoms with Crippen LogP contribution in [0.2, 0.25) is 0 Å². The molecule has 1 aromatic rings. The summed E-state index contributed by atoms with van der Waals surface area (Å²) in [4.78, 5) is 0.339. The van der Waals surface area contributed by atoms with E-state index in [9.17, 15) is 8.42 Å². The molecule has 1 aliphatic rings. The van der Waals surface area contributed by atoms with Crippen molar-refractivity contribution < 1.29 is 8.42 Å². The summed E-state index contributed by atoms with van der Waals surface area (Å²) in [5.74, 6) is 1.02. The molecule has 1 heterocycles. The highest BCUT2D eigenvalue weighted by molar-refractivity contribution is 9.10. The van der Waals surface area contributed by atoms with E-state index >= 15 is 0 Å². The molecule has 118 valence electrons. The lowest BCUT2D eigenvalue weighted by atomic mass is 9.98. The van der Waals surface area contributed by atoms with Crippen LogP contribution in [0.5, 0.6) is 0 Å². The highest BCUT2D eigenvalue weighted by atomic mass is 79.9. The molecule has 0 saturated carbocycles. The smallest absolute Gasteiger partial charge is 0.207 e. The molecule has 0 aliphatic carbocycles. The van der Waals surface area contributed by atoms with Crippen molar-refractivity contribution in [2.75, 3.05) is 13.1 Å². The first-order valence-electron chi connectivity index (χ1n) is 7.33. The molecule has 21 heavy (non-hydrogen) atoms. The Morgan fingerprint density at radius 2 is 2.10 bits per heavy atom. The molecule has 1 unspecified atom stereocenters. The number of halogens is 2. The van der Waals surface area contributed by atoms with Crippen LogP contribution in [0.4, 0.5) is 0 Å². The zero-order chi connectivity index (χ0) is 15.5. The number of hydrogen-bond acceptors (Lipinski definition) is 2. The molecule has 2 rings (SSSR count). The quantitative estimate of drug-likeness (QED) is 0.710. The van der Waals surface area contributed by atoms with E-state index < -0.39 is 10.0 Å². The van der Waals surface area contributed by atoms with E-state index in [4.69, 9.17) is 11.6 Å². The monoisotopic (exact) mass is 393 g/mol. The van der Waals surface area contributed by atoms with Gasteiger partial charge in [0.05, 0.1) is 4.90 Å². The molecule has 6 heteroatoms. The predicted molar refractivity (Wildman–Crippen MR) is 90.1 cm³/mol. The number of rotatable bonds is 4. The van der Waals surface area contributed by atoms with Crippen LogP contribution in [0.25, 0.3) is 0 Å². The van der Waals surface area contributed by atoms with Gasteiger partial charge in [-0.1, -0.05) is 19.4 Å². The molecule has 1 aromatic carbocycles. The third-order valence-electron chi connectivity index (χ3n) is 4.15. The molecule has 1 saturated heterocycles. The molecule has 0 bridgehead atoms. The number of benzene rings is 1. The minimum absolute atomic E-state index is 0.339. The standard InChI is InChI=1S/C15H21BrClNO2S/c1-2-12-4-3-8-18(9-7-12)21(19,20)15-6-5-13(11-17)10-14(15)16/h5-6,10,12H,2-4,7-9,11H2,1H3. The molecule has 1 atom stereocenters. The summed E-state index contributed by atoms with van der Waals surface area (Å²) < 4.78 is 27.9. The number of hydrogen-bond donors (Lipinski definition) is 0. The number of nitrogens with zero attached hydrogens (tertiary/aromatic N) is 1. The van der Waals surface area contributed by atoms with Crippen molar-refractivity contribution in [3.63, 3.8) is 0 Å². The summed E-state index contributed by atoms with van der Waals surface area (Å²) in [6.45, 7) is 3.41. The summed E-state index contributed by atoms with van der Waals surface area (Å²) >= 11 is 9.16. The second-order valence-electron chi connectivity index (χ2n) is 5.51. The molecule has 0 radical (unpaired) electrons. The zero-order valence-electron chi connectivity index (χ0n) is 12.2. The lowest BCUT2D eigenvalue weighted by Gasteiger charge is -2.21. The normalized spacial score (nSPS) is 21.2. The first-order valence-corrected chi connectivity index (χ1v) is 10.1. The number of alkyl halides is 1. The van der Waals surface area contributed by atoms with Crippen LogP contribution in [-0.4, -0.2) is 25.8 Å². The Morgan fingerprint density at radius 1 is 1.33 bits per heavy atom. The van der Waals surface area contributed by atoms with Gasteiger partial charge in [0.1, 0.15) is 0 Å². The van der Waals surface area contributed by atoms with E-state index in [1.807, 2.05) is 0 Å². The van der Waals surface area contributed by atoms with Crippen molar-refractivity contribution in [2.24, 2.45) is 5.92 Å². The van der Waals surface area contributed by atoms with E-state index in [2.05, 4.69) is 22.9 Å². The Labute approximate surface area is 140 Å². The average molecular weight is 395 g/mol. The van der Waals surface area contributed by atoms with Gasteiger partial charge in [0.15, 0.2) is 0 Å². The van der Waals surface area contributed by atoms with Crippen LogP contribution in [0, 0.1) is 5.92 Å². The molecular formula is C15H21BrClNO2S. The minimum atomic E-state index is -3.43. The molecule has 0 amide bonds. The Kier molecular flexibility index (Phi) is 6.12. The van der Waals surface area contributed by atoms with Crippen LogP contribution in [0.1, 0.15) is 38.2 Å². The van der Waals surface area contributed by atoms with Gasteiger partial charge in [-0.3, -0.25) is 0 Å². The van der Waals surface area contributed by atoms with Gasteiger partial charge < -0.3 is 0 Å². The molecule has 1 fully saturated rings. The van der Waals surface area contributed by atoms with Gasteiger partial charge in [0.2, 0.25) is 10.0 Å². The maximum absolute atomic E-state index is 12.8. The first-order chi connectivity index (χ1) is 9.98. The van der Waals surface area contributed by atoms with E-state index in [1.165, 1.54) is 0 Å². The van der Waals surface area contributed by atoms with Gasteiger partial charge in [-0.2, -0.15) is 4.31 Å². The largest absolute Gasteiger partial charge is 0.244 e. The molecule has 3 nitrogen and oxygen atoms in total.